The van der Waals surface area contributed by atoms with Crippen molar-refractivity contribution in [2.45, 2.75) is 6.61 Å². The van der Waals surface area contributed by atoms with Gasteiger partial charge in [0.2, 0.25) is 0 Å². The van der Waals surface area contributed by atoms with E-state index in [1.165, 1.54) is 10.8 Å². The molecule has 0 aliphatic carbocycles. The molecule has 0 radical (unpaired) electrons. The summed E-state index contributed by atoms with van der Waals surface area (Å²) in [6.45, 7) is 0.423. The lowest BCUT2D eigenvalue weighted by molar-refractivity contribution is 0.0957. The van der Waals surface area contributed by atoms with Gasteiger partial charge in [0.15, 0.2) is 0 Å². The van der Waals surface area contributed by atoms with Crippen molar-refractivity contribution >= 4 is 49.6 Å². The number of amides is 1. The van der Waals surface area contributed by atoms with Gasteiger partial charge in [0.25, 0.3) is 5.91 Å². The van der Waals surface area contributed by atoms with Gasteiger partial charge in [0, 0.05) is 15.6 Å². The summed E-state index contributed by atoms with van der Waals surface area (Å²) in [7, 11) is 0. The maximum Gasteiger partial charge on any atom is 0.271 e. The molecule has 0 aromatic heterocycles. The van der Waals surface area contributed by atoms with Gasteiger partial charge in [-0.15, -0.1) is 0 Å². The van der Waals surface area contributed by atoms with Crippen LogP contribution in [-0.2, 0) is 6.61 Å². The Balaban J connectivity index is 1.34. The minimum atomic E-state index is -0.263. The normalized spacial score (nSPS) is 11.2. The molecule has 0 saturated heterocycles. The number of hydrazone groups is 1. The zero-order chi connectivity index (χ0) is 23.3. The molecule has 34 heavy (non-hydrogen) atoms. The van der Waals surface area contributed by atoms with Gasteiger partial charge >= 0.3 is 0 Å². The predicted molar refractivity (Wildman–Crippen MR) is 141 cm³/mol. The molecular formula is C29H21BrN2O2. The summed E-state index contributed by atoms with van der Waals surface area (Å²) >= 11 is 3.51. The summed E-state index contributed by atoms with van der Waals surface area (Å²) in [5.41, 5.74) is 5.09. The first-order valence-electron chi connectivity index (χ1n) is 10.9. The second-order valence-corrected chi connectivity index (χ2v) is 8.75. The third-order valence-corrected chi connectivity index (χ3v) is 6.13. The van der Waals surface area contributed by atoms with Gasteiger partial charge in [-0.1, -0.05) is 94.8 Å². The SMILES string of the molecule is O=C(N/N=C\c1cc(Br)ccc1OCc1cccc2ccccc12)c1cccc2ccccc12. The molecule has 0 saturated carbocycles. The smallest absolute Gasteiger partial charge is 0.271 e. The van der Waals surface area contributed by atoms with E-state index in [4.69, 9.17) is 4.74 Å². The number of carbonyl (C=O) groups excluding carboxylic acids is 1. The molecule has 1 amide bonds. The summed E-state index contributed by atoms with van der Waals surface area (Å²) in [5.74, 6) is 0.417. The summed E-state index contributed by atoms with van der Waals surface area (Å²) < 4.78 is 7.06. The highest BCUT2D eigenvalue weighted by Crippen LogP contribution is 2.25. The number of hydrogen-bond acceptors (Lipinski definition) is 3. The first-order chi connectivity index (χ1) is 16.7. The van der Waals surface area contributed by atoms with E-state index >= 15 is 0 Å². The molecular weight excluding hydrogens is 488 g/mol. The lowest BCUT2D eigenvalue weighted by Crippen LogP contribution is -2.18. The molecule has 0 heterocycles. The van der Waals surface area contributed by atoms with Crippen LogP contribution >= 0.6 is 15.9 Å². The van der Waals surface area contributed by atoms with Gasteiger partial charge < -0.3 is 4.74 Å². The average Bonchev–Trinajstić information content (AvgIpc) is 2.88. The van der Waals surface area contributed by atoms with Crippen molar-refractivity contribution in [1.82, 2.24) is 5.43 Å². The van der Waals surface area contributed by atoms with E-state index < -0.39 is 0 Å². The fourth-order valence-corrected chi connectivity index (χ4v) is 4.35. The van der Waals surface area contributed by atoms with Gasteiger partial charge in [-0.3, -0.25) is 4.79 Å². The Morgan fingerprint density at radius 2 is 1.50 bits per heavy atom. The number of halogens is 1. The number of nitrogens with one attached hydrogen (secondary N) is 1. The number of hydrogen-bond donors (Lipinski definition) is 1. The zero-order valence-electron chi connectivity index (χ0n) is 18.2. The zero-order valence-corrected chi connectivity index (χ0v) is 19.8. The van der Waals surface area contributed by atoms with Gasteiger partial charge in [0.05, 0.1) is 6.21 Å². The van der Waals surface area contributed by atoms with E-state index in [0.717, 1.165) is 26.4 Å². The minimum absolute atomic E-state index is 0.263. The molecule has 0 aliphatic rings. The van der Waals surface area contributed by atoms with Crippen LogP contribution in [0.1, 0.15) is 21.5 Å². The van der Waals surface area contributed by atoms with Crippen molar-refractivity contribution in [3.8, 4) is 5.75 Å². The van der Waals surface area contributed by atoms with Gasteiger partial charge in [-0.2, -0.15) is 5.10 Å². The van der Waals surface area contributed by atoms with Gasteiger partial charge in [-0.25, -0.2) is 5.43 Å². The minimum Gasteiger partial charge on any atom is -0.488 e. The van der Waals surface area contributed by atoms with E-state index in [1.54, 1.807) is 12.3 Å². The van der Waals surface area contributed by atoms with Crippen molar-refractivity contribution in [3.05, 3.63) is 124 Å². The predicted octanol–water partition coefficient (Wildman–Crippen LogP) is 7.10. The van der Waals surface area contributed by atoms with Gasteiger partial charge in [0.1, 0.15) is 12.4 Å². The molecule has 0 spiro atoms. The van der Waals surface area contributed by atoms with Crippen molar-refractivity contribution in [2.24, 2.45) is 5.10 Å². The van der Waals surface area contributed by atoms with Crippen LogP contribution in [0.5, 0.6) is 5.75 Å². The van der Waals surface area contributed by atoms with Crippen molar-refractivity contribution in [2.75, 3.05) is 0 Å². The standard InChI is InChI=1S/C29H21BrN2O2/c30-24-15-16-28(34-19-22-11-5-9-20-7-1-3-12-25(20)22)23(17-24)18-31-32-29(33)27-14-6-10-21-8-2-4-13-26(21)27/h1-18H,19H2,(H,32,33)/b31-18-. The van der Waals surface area contributed by atoms with Crippen LogP contribution in [0.2, 0.25) is 0 Å². The highest BCUT2D eigenvalue weighted by atomic mass is 79.9. The maximum absolute atomic E-state index is 12.8. The Kier molecular flexibility index (Phi) is 6.36. The van der Waals surface area contributed by atoms with E-state index in [2.05, 4.69) is 50.7 Å². The van der Waals surface area contributed by atoms with Crippen LogP contribution in [0, 0.1) is 0 Å². The second kappa shape index (κ2) is 9.89. The number of fused-ring (bicyclic) bond motifs is 2. The number of carbonyl (C=O) groups is 1. The van der Waals surface area contributed by atoms with Crippen LogP contribution in [0.15, 0.2) is 113 Å². The van der Waals surface area contributed by atoms with Crippen LogP contribution in [-0.4, -0.2) is 12.1 Å². The molecule has 5 aromatic carbocycles. The first kappa shape index (κ1) is 21.9. The molecule has 4 nitrogen and oxygen atoms in total. The van der Waals surface area contributed by atoms with E-state index in [9.17, 15) is 4.79 Å². The van der Waals surface area contributed by atoms with Crippen LogP contribution in [0.4, 0.5) is 0 Å². The Hall–Kier alpha value is -3.96. The summed E-state index contributed by atoms with van der Waals surface area (Å²) in [6, 6.07) is 33.6. The van der Waals surface area contributed by atoms with E-state index in [-0.39, 0.29) is 5.91 Å². The molecule has 0 atom stereocenters. The maximum atomic E-state index is 12.8. The summed E-state index contributed by atoms with van der Waals surface area (Å²) in [4.78, 5) is 12.8. The number of benzene rings is 5. The number of rotatable bonds is 6. The van der Waals surface area contributed by atoms with Crippen LogP contribution in [0.3, 0.4) is 0 Å². The van der Waals surface area contributed by atoms with Crippen molar-refractivity contribution in [3.63, 3.8) is 0 Å². The Morgan fingerprint density at radius 3 is 2.32 bits per heavy atom. The lowest BCUT2D eigenvalue weighted by atomic mass is 10.0. The monoisotopic (exact) mass is 508 g/mol. The van der Waals surface area contributed by atoms with Gasteiger partial charge in [-0.05, 0) is 51.4 Å². The lowest BCUT2D eigenvalue weighted by Gasteiger charge is -2.11. The second-order valence-electron chi connectivity index (χ2n) is 7.83. The third-order valence-electron chi connectivity index (χ3n) is 5.64. The Labute approximate surface area is 206 Å². The molecule has 5 aromatic rings. The molecule has 1 N–H and O–H groups in total. The number of nitrogens with zero attached hydrogens (tertiary/aromatic N) is 1. The molecule has 5 heteroatoms. The Morgan fingerprint density at radius 1 is 0.824 bits per heavy atom. The van der Waals surface area contributed by atoms with Crippen molar-refractivity contribution < 1.29 is 9.53 Å². The molecule has 0 fully saturated rings. The Bertz CT molecular complexity index is 1520. The molecule has 0 bridgehead atoms. The molecule has 0 aliphatic heterocycles. The van der Waals surface area contributed by atoms with E-state index in [1.807, 2.05) is 72.8 Å². The first-order valence-corrected chi connectivity index (χ1v) is 11.7. The molecule has 166 valence electrons. The fourth-order valence-electron chi connectivity index (χ4n) is 3.97. The topological polar surface area (TPSA) is 50.7 Å². The molecule has 5 rings (SSSR count). The third kappa shape index (κ3) is 4.70. The number of ether oxygens (including phenoxy) is 1. The quantitative estimate of drug-likeness (QED) is 0.196. The van der Waals surface area contributed by atoms with Crippen LogP contribution < -0.4 is 10.2 Å². The average molecular weight is 509 g/mol. The van der Waals surface area contributed by atoms with Crippen LogP contribution in [0.25, 0.3) is 21.5 Å². The summed E-state index contributed by atoms with van der Waals surface area (Å²) in [6.07, 6.45) is 1.60. The highest BCUT2D eigenvalue weighted by molar-refractivity contribution is 9.10. The highest BCUT2D eigenvalue weighted by Gasteiger charge is 2.09. The fraction of sp³-hybridized carbons (Fsp3) is 0.0345. The van der Waals surface area contributed by atoms with E-state index in [0.29, 0.717) is 17.9 Å². The van der Waals surface area contributed by atoms with Crippen molar-refractivity contribution in [1.29, 1.82) is 0 Å². The summed E-state index contributed by atoms with van der Waals surface area (Å²) in [5, 5.41) is 8.45. The largest absolute Gasteiger partial charge is 0.488 e. The molecule has 0 unspecified atom stereocenters.